The molecule has 0 bridgehead atoms. The number of methoxy groups -OCH3 is 1. The number of carbonyl (C=O) groups is 1. The molecule has 7 nitrogen and oxygen atoms in total. The third-order valence-corrected chi connectivity index (χ3v) is 3.48. The van der Waals surface area contributed by atoms with E-state index in [1.165, 1.54) is 6.20 Å². The van der Waals surface area contributed by atoms with Crippen LogP contribution in [-0.4, -0.2) is 33.0 Å². The van der Waals surface area contributed by atoms with Crippen molar-refractivity contribution >= 4 is 11.6 Å². The van der Waals surface area contributed by atoms with Crippen LogP contribution in [0.3, 0.4) is 0 Å². The molecule has 0 aliphatic rings. The van der Waals surface area contributed by atoms with Gasteiger partial charge in [-0.25, -0.2) is 0 Å². The molecule has 3 rings (SSSR count). The Balaban J connectivity index is 1.83. The molecule has 7 heteroatoms. The van der Waals surface area contributed by atoms with E-state index in [2.05, 4.69) is 20.6 Å². The van der Waals surface area contributed by atoms with Gasteiger partial charge in [-0.05, 0) is 31.2 Å². The summed E-state index contributed by atoms with van der Waals surface area (Å²) in [6.07, 6.45) is 4.92. The maximum atomic E-state index is 12.5. The van der Waals surface area contributed by atoms with E-state index in [-0.39, 0.29) is 5.91 Å². The normalized spacial score (nSPS) is 10.5. The van der Waals surface area contributed by atoms with Crippen molar-refractivity contribution in [2.24, 2.45) is 0 Å². The highest BCUT2D eigenvalue weighted by molar-refractivity contribution is 6.07. The summed E-state index contributed by atoms with van der Waals surface area (Å²) in [5.74, 6) is 0.520. The largest absolute Gasteiger partial charge is 0.497 e. The van der Waals surface area contributed by atoms with Crippen LogP contribution >= 0.6 is 0 Å². The fraction of sp³-hybridized carbons (Fsp3) is 0.188. The molecule has 23 heavy (non-hydrogen) atoms. The number of hydrogen-bond acceptors (Lipinski definition) is 4. The predicted molar refractivity (Wildman–Crippen MR) is 86.4 cm³/mol. The van der Waals surface area contributed by atoms with Crippen LogP contribution < -0.4 is 10.1 Å². The van der Waals surface area contributed by atoms with E-state index in [1.807, 2.05) is 31.2 Å². The highest BCUT2D eigenvalue weighted by Gasteiger charge is 2.16. The number of H-pyrrole nitrogens is 1. The Kier molecular flexibility index (Phi) is 4.09. The quantitative estimate of drug-likeness (QED) is 0.758. The van der Waals surface area contributed by atoms with Crippen LogP contribution in [-0.2, 0) is 6.54 Å². The number of nitrogens with zero attached hydrogens (tertiary/aromatic N) is 3. The lowest BCUT2D eigenvalue weighted by atomic mass is 10.1. The van der Waals surface area contributed by atoms with Crippen LogP contribution in [0.5, 0.6) is 5.75 Å². The summed E-state index contributed by atoms with van der Waals surface area (Å²) >= 11 is 0. The van der Waals surface area contributed by atoms with Crippen LogP contribution in [0.15, 0.2) is 42.9 Å². The molecule has 0 aliphatic heterocycles. The second-order valence-electron chi connectivity index (χ2n) is 4.93. The summed E-state index contributed by atoms with van der Waals surface area (Å²) in [5.41, 5.74) is 2.64. The SMILES string of the molecule is CCn1cc(NC(=O)c2cn[nH]c2-c2ccc(OC)cc2)cn1. The molecule has 3 aromatic rings. The van der Waals surface area contributed by atoms with E-state index in [0.29, 0.717) is 16.9 Å². The number of benzene rings is 1. The maximum Gasteiger partial charge on any atom is 0.259 e. The maximum absolute atomic E-state index is 12.5. The zero-order valence-corrected chi connectivity index (χ0v) is 12.9. The number of rotatable bonds is 5. The van der Waals surface area contributed by atoms with Crippen molar-refractivity contribution in [3.05, 3.63) is 48.4 Å². The fourth-order valence-electron chi connectivity index (χ4n) is 2.24. The van der Waals surface area contributed by atoms with Gasteiger partial charge in [0.2, 0.25) is 0 Å². The van der Waals surface area contributed by atoms with E-state index < -0.39 is 0 Å². The van der Waals surface area contributed by atoms with Gasteiger partial charge in [0.05, 0.1) is 36.4 Å². The summed E-state index contributed by atoms with van der Waals surface area (Å²) in [5, 5.41) is 13.8. The molecule has 2 heterocycles. The third kappa shape index (κ3) is 3.08. The van der Waals surface area contributed by atoms with Gasteiger partial charge in [0.25, 0.3) is 5.91 Å². The molecule has 2 N–H and O–H groups in total. The van der Waals surface area contributed by atoms with Crippen LogP contribution in [0.4, 0.5) is 5.69 Å². The van der Waals surface area contributed by atoms with Gasteiger partial charge in [-0.3, -0.25) is 14.6 Å². The molecule has 118 valence electrons. The minimum absolute atomic E-state index is 0.236. The summed E-state index contributed by atoms with van der Waals surface area (Å²) in [6, 6.07) is 7.42. The Hall–Kier alpha value is -3.09. The number of aromatic amines is 1. The van der Waals surface area contributed by atoms with Crippen LogP contribution in [0.1, 0.15) is 17.3 Å². The van der Waals surface area contributed by atoms with Gasteiger partial charge in [0, 0.05) is 18.3 Å². The molecule has 0 unspecified atom stereocenters. The topological polar surface area (TPSA) is 84.8 Å². The molecule has 0 aliphatic carbocycles. The molecule has 0 radical (unpaired) electrons. The molecule has 1 amide bonds. The molecule has 0 spiro atoms. The van der Waals surface area contributed by atoms with Crippen molar-refractivity contribution in [3.8, 4) is 17.0 Å². The average molecular weight is 311 g/mol. The Morgan fingerprint density at radius 3 is 2.74 bits per heavy atom. The molecule has 0 saturated carbocycles. The number of nitrogens with one attached hydrogen (secondary N) is 2. The van der Waals surface area contributed by atoms with Crippen molar-refractivity contribution in [1.82, 2.24) is 20.0 Å². The molecular weight excluding hydrogens is 294 g/mol. The number of aryl methyl sites for hydroxylation is 1. The number of anilines is 1. The molecule has 1 aromatic carbocycles. The average Bonchev–Trinajstić information content (AvgIpc) is 3.24. The Labute approximate surface area is 133 Å². The second kappa shape index (κ2) is 6.35. The minimum atomic E-state index is -0.236. The number of hydrogen-bond donors (Lipinski definition) is 2. The molecule has 0 fully saturated rings. The summed E-state index contributed by atoms with van der Waals surface area (Å²) in [7, 11) is 1.61. The van der Waals surface area contributed by atoms with Crippen molar-refractivity contribution in [2.45, 2.75) is 13.5 Å². The lowest BCUT2D eigenvalue weighted by Crippen LogP contribution is -2.11. The summed E-state index contributed by atoms with van der Waals surface area (Å²) in [4.78, 5) is 12.5. The van der Waals surface area contributed by atoms with Crippen molar-refractivity contribution in [2.75, 3.05) is 12.4 Å². The molecular formula is C16H17N5O2. The zero-order valence-electron chi connectivity index (χ0n) is 12.9. The smallest absolute Gasteiger partial charge is 0.259 e. The first-order valence-electron chi connectivity index (χ1n) is 7.23. The molecule has 0 saturated heterocycles. The van der Waals surface area contributed by atoms with Gasteiger partial charge < -0.3 is 10.1 Å². The Bertz CT molecular complexity index is 804. The lowest BCUT2D eigenvalue weighted by molar-refractivity contribution is 0.102. The van der Waals surface area contributed by atoms with E-state index in [9.17, 15) is 4.79 Å². The van der Waals surface area contributed by atoms with Gasteiger partial charge in [-0.2, -0.15) is 10.2 Å². The zero-order chi connectivity index (χ0) is 16.2. The number of ether oxygens (including phenoxy) is 1. The highest BCUT2D eigenvalue weighted by atomic mass is 16.5. The summed E-state index contributed by atoms with van der Waals surface area (Å²) < 4.78 is 6.89. The highest BCUT2D eigenvalue weighted by Crippen LogP contribution is 2.24. The van der Waals surface area contributed by atoms with E-state index in [0.717, 1.165) is 17.9 Å². The third-order valence-electron chi connectivity index (χ3n) is 3.48. The van der Waals surface area contributed by atoms with Gasteiger partial charge in [-0.1, -0.05) is 0 Å². The van der Waals surface area contributed by atoms with Crippen LogP contribution in [0.25, 0.3) is 11.3 Å². The lowest BCUT2D eigenvalue weighted by Gasteiger charge is -2.05. The van der Waals surface area contributed by atoms with Gasteiger partial charge in [0.15, 0.2) is 0 Å². The van der Waals surface area contributed by atoms with Crippen molar-refractivity contribution in [1.29, 1.82) is 0 Å². The number of carbonyl (C=O) groups excluding carboxylic acids is 1. The first-order chi connectivity index (χ1) is 11.2. The monoisotopic (exact) mass is 311 g/mol. The Morgan fingerprint density at radius 2 is 2.09 bits per heavy atom. The van der Waals surface area contributed by atoms with Gasteiger partial charge in [0.1, 0.15) is 5.75 Å². The first kappa shape index (κ1) is 14.8. The standard InChI is InChI=1S/C16H17N5O2/c1-3-21-10-12(8-18-21)19-16(22)14-9-17-20-15(14)11-4-6-13(23-2)7-5-11/h4-10H,3H2,1-2H3,(H,17,20)(H,19,22). The van der Waals surface area contributed by atoms with Crippen LogP contribution in [0.2, 0.25) is 0 Å². The molecule has 0 atom stereocenters. The first-order valence-corrected chi connectivity index (χ1v) is 7.23. The minimum Gasteiger partial charge on any atom is -0.497 e. The summed E-state index contributed by atoms with van der Waals surface area (Å²) in [6.45, 7) is 2.73. The van der Waals surface area contributed by atoms with Gasteiger partial charge >= 0.3 is 0 Å². The van der Waals surface area contributed by atoms with Crippen molar-refractivity contribution < 1.29 is 9.53 Å². The van der Waals surface area contributed by atoms with Crippen molar-refractivity contribution in [3.63, 3.8) is 0 Å². The second-order valence-corrected chi connectivity index (χ2v) is 4.93. The van der Waals surface area contributed by atoms with Crippen LogP contribution in [0, 0.1) is 0 Å². The number of aromatic nitrogens is 4. The van der Waals surface area contributed by atoms with E-state index in [4.69, 9.17) is 4.74 Å². The van der Waals surface area contributed by atoms with E-state index in [1.54, 1.807) is 24.2 Å². The number of amides is 1. The predicted octanol–water partition coefficient (Wildman–Crippen LogP) is 2.55. The fourth-order valence-corrected chi connectivity index (χ4v) is 2.24. The molecule has 2 aromatic heterocycles. The van der Waals surface area contributed by atoms with Gasteiger partial charge in [-0.15, -0.1) is 0 Å². The van der Waals surface area contributed by atoms with E-state index >= 15 is 0 Å². The Morgan fingerprint density at radius 1 is 1.30 bits per heavy atom.